The molecule has 126 valence electrons. The average Bonchev–Trinajstić information content (AvgIpc) is 3.38. The molecule has 1 saturated heterocycles. The summed E-state index contributed by atoms with van der Waals surface area (Å²) in [5.41, 5.74) is 1.34. The van der Waals surface area contributed by atoms with Crippen LogP contribution in [0.15, 0.2) is 18.2 Å². The summed E-state index contributed by atoms with van der Waals surface area (Å²) in [4.78, 5) is 13.5. The third-order valence-electron chi connectivity index (χ3n) is 4.91. The van der Waals surface area contributed by atoms with Crippen LogP contribution in [0.2, 0.25) is 0 Å². The molecule has 5 heteroatoms. The predicted molar refractivity (Wildman–Crippen MR) is 89.0 cm³/mol. The lowest BCUT2D eigenvalue weighted by atomic mass is 9.96. The van der Waals surface area contributed by atoms with Gasteiger partial charge in [0.1, 0.15) is 5.75 Å². The normalized spacial score (nSPS) is 19.7. The van der Waals surface area contributed by atoms with Gasteiger partial charge in [-0.25, -0.2) is 4.79 Å². The number of likely N-dealkylation sites (tertiary alicyclic amines) is 1. The molecule has 1 heterocycles. The zero-order valence-corrected chi connectivity index (χ0v) is 13.8. The van der Waals surface area contributed by atoms with E-state index >= 15 is 0 Å². The Bertz CT molecular complexity index is 549. The third-order valence-corrected chi connectivity index (χ3v) is 4.91. The number of nitrogens with one attached hydrogen (secondary N) is 1. The molecule has 1 aromatic carbocycles. The molecule has 1 aliphatic heterocycles. The SMILES string of the molecule is COc1cc(C(=O)O)ccc1CN1CCC(CNC2CC2)CC1. The van der Waals surface area contributed by atoms with Crippen LogP contribution in [0.25, 0.3) is 0 Å². The van der Waals surface area contributed by atoms with Crippen LogP contribution in [0.3, 0.4) is 0 Å². The van der Waals surface area contributed by atoms with Gasteiger partial charge in [0.2, 0.25) is 0 Å². The summed E-state index contributed by atoms with van der Waals surface area (Å²) in [5, 5.41) is 12.7. The monoisotopic (exact) mass is 318 g/mol. The number of carboxylic acids is 1. The Morgan fingerprint density at radius 1 is 1.30 bits per heavy atom. The molecule has 2 fully saturated rings. The van der Waals surface area contributed by atoms with Crippen molar-refractivity contribution < 1.29 is 14.6 Å². The lowest BCUT2D eigenvalue weighted by Crippen LogP contribution is -2.37. The Hall–Kier alpha value is -1.59. The summed E-state index contributed by atoms with van der Waals surface area (Å²) in [7, 11) is 1.60. The summed E-state index contributed by atoms with van der Waals surface area (Å²) in [6.45, 7) is 4.18. The fourth-order valence-electron chi connectivity index (χ4n) is 3.22. The van der Waals surface area contributed by atoms with Crippen molar-refractivity contribution in [2.45, 2.75) is 38.3 Å². The Morgan fingerprint density at radius 3 is 2.65 bits per heavy atom. The first-order valence-corrected chi connectivity index (χ1v) is 8.51. The third kappa shape index (κ3) is 4.45. The van der Waals surface area contributed by atoms with E-state index in [0.717, 1.165) is 43.7 Å². The van der Waals surface area contributed by atoms with Gasteiger partial charge in [-0.1, -0.05) is 6.07 Å². The van der Waals surface area contributed by atoms with E-state index in [2.05, 4.69) is 10.2 Å². The molecule has 1 aliphatic carbocycles. The minimum Gasteiger partial charge on any atom is -0.496 e. The van der Waals surface area contributed by atoms with Crippen molar-refractivity contribution in [1.82, 2.24) is 10.2 Å². The van der Waals surface area contributed by atoms with Gasteiger partial charge in [-0.05, 0) is 63.4 Å². The van der Waals surface area contributed by atoms with Crippen LogP contribution < -0.4 is 10.1 Å². The highest BCUT2D eigenvalue weighted by molar-refractivity contribution is 5.88. The molecule has 23 heavy (non-hydrogen) atoms. The van der Waals surface area contributed by atoms with Crippen LogP contribution in [0.4, 0.5) is 0 Å². The highest BCUT2D eigenvalue weighted by atomic mass is 16.5. The number of benzene rings is 1. The molecule has 3 rings (SSSR count). The van der Waals surface area contributed by atoms with Gasteiger partial charge in [0.15, 0.2) is 0 Å². The number of methoxy groups -OCH3 is 1. The maximum Gasteiger partial charge on any atom is 0.335 e. The number of carboxylic acid groups (broad SMARTS) is 1. The van der Waals surface area contributed by atoms with Crippen LogP contribution in [0, 0.1) is 5.92 Å². The van der Waals surface area contributed by atoms with E-state index in [0.29, 0.717) is 5.75 Å². The first-order valence-electron chi connectivity index (χ1n) is 8.51. The zero-order valence-electron chi connectivity index (χ0n) is 13.8. The predicted octanol–water partition coefficient (Wildman–Crippen LogP) is 2.36. The van der Waals surface area contributed by atoms with Crippen molar-refractivity contribution in [2.75, 3.05) is 26.7 Å². The van der Waals surface area contributed by atoms with E-state index in [4.69, 9.17) is 9.84 Å². The quantitative estimate of drug-likeness (QED) is 0.808. The van der Waals surface area contributed by atoms with Crippen molar-refractivity contribution in [3.63, 3.8) is 0 Å². The largest absolute Gasteiger partial charge is 0.496 e. The molecule has 0 bridgehead atoms. The number of hydrogen-bond acceptors (Lipinski definition) is 4. The second-order valence-corrected chi connectivity index (χ2v) is 6.73. The number of ether oxygens (including phenoxy) is 1. The first-order chi connectivity index (χ1) is 11.2. The summed E-state index contributed by atoms with van der Waals surface area (Å²) in [6.07, 6.45) is 5.17. The topological polar surface area (TPSA) is 61.8 Å². The lowest BCUT2D eigenvalue weighted by molar-refractivity contribution is 0.0696. The molecule has 0 aromatic heterocycles. The van der Waals surface area contributed by atoms with E-state index < -0.39 is 5.97 Å². The van der Waals surface area contributed by atoms with Gasteiger partial charge in [0.05, 0.1) is 12.7 Å². The average molecular weight is 318 g/mol. The van der Waals surface area contributed by atoms with Crippen LogP contribution >= 0.6 is 0 Å². The van der Waals surface area contributed by atoms with Gasteiger partial charge in [0.25, 0.3) is 0 Å². The molecule has 0 radical (unpaired) electrons. The van der Waals surface area contributed by atoms with Crippen LogP contribution in [-0.2, 0) is 6.54 Å². The summed E-state index contributed by atoms with van der Waals surface area (Å²) in [6, 6.07) is 5.95. The van der Waals surface area contributed by atoms with E-state index in [1.807, 2.05) is 6.07 Å². The van der Waals surface area contributed by atoms with Crippen molar-refractivity contribution in [3.05, 3.63) is 29.3 Å². The Balaban J connectivity index is 1.52. The lowest BCUT2D eigenvalue weighted by Gasteiger charge is -2.32. The molecule has 1 saturated carbocycles. The van der Waals surface area contributed by atoms with Crippen molar-refractivity contribution in [1.29, 1.82) is 0 Å². The number of carbonyl (C=O) groups is 1. The fraction of sp³-hybridized carbons (Fsp3) is 0.611. The fourth-order valence-corrected chi connectivity index (χ4v) is 3.22. The van der Waals surface area contributed by atoms with Crippen LogP contribution in [0.1, 0.15) is 41.6 Å². The number of nitrogens with zero attached hydrogens (tertiary/aromatic N) is 1. The molecule has 1 aromatic rings. The number of rotatable bonds is 7. The van der Waals surface area contributed by atoms with Gasteiger partial charge < -0.3 is 15.2 Å². The number of hydrogen-bond donors (Lipinski definition) is 2. The van der Waals surface area contributed by atoms with Gasteiger partial charge in [0, 0.05) is 18.2 Å². The summed E-state index contributed by atoms with van der Waals surface area (Å²) >= 11 is 0. The molecular formula is C18H26N2O3. The van der Waals surface area contributed by atoms with Crippen LogP contribution in [-0.4, -0.2) is 48.8 Å². The molecule has 0 spiro atoms. The van der Waals surface area contributed by atoms with E-state index in [9.17, 15) is 4.79 Å². The minimum absolute atomic E-state index is 0.274. The maximum atomic E-state index is 11.0. The Labute approximate surface area is 137 Å². The molecule has 0 unspecified atom stereocenters. The highest BCUT2D eigenvalue weighted by Gasteiger charge is 2.24. The number of piperidine rings is 1. The van der Waals surface area contributed by atoms with Gasteiger partial charge in [-0.3, -0.25) is 4.90 Å². The van der Waals surface area contributed by atoms with E-state index in [-0.39, 0.29) is 5.56 Å². The smallest absolute Gasteiger partial charge is 0.335 e. The Morgan fingerprint density at radius 2 is 2.04 bits per heavy atom. The van der Waals surface area contributed by atoms with Gasteiger partial charge in [-0.15, -0.1) is 0 Å². The van der Waals surface area contributed by atoms with Gasteiger partial charge >= 0.3 is 5.97 Å². The van der Waals surface area contributed by atoms with Crippen molar-refractivity contribution >= 4 is 5.97 Å². The summed E-state index contributed by atoms with van der Waals surface area (Å²) in [5.74, 6) is 0.546. The molecule has 5 nitrogen and oxygen atoms in total. The maximum absolute atomic E-state index is 11.0. The highest BCUT2D eigenvalue weighted by Crippen LogP contribution is 2.25. The Kier molecular flexibility index (Phi) is 5.18. The van der Waals surface area contributed by atoms with Crippen LogP contribution in [0.5, 0.6) is 5.75 Å². The standard InChI is InChI=1S/C18H26N2O3/c1-23-17-10-14(18(21)22)2-3-15(17)12-20-8-6-13(7-9-20)11-19-16-4-5-16/h2-3,10,13,16,19H,4-9,11-12H2,1H3,(H,21,22). The second-order valence-electron chi connectivity index (χ2n) is 6.73. The second kappa shape index (κ2) is 7.32. The molecule has 0 atom stereocenters. The van der Waals surface area contributed by atoms with Crippen molar-refractivity contribution in [2.24, 2.45) is 5.92 Å². The van der Waals surface area contributed by atoms with Crippen molar-refractivity contribution in [3.8, 4) is 5.75 Å². The molecular weight excluding hydrogens is 292 g/mol. The van der Waals surface area contributed by atoms with E-state index in [1.54, 1.807) is 19.2 Å². The van der Waals surface area contributed by atoms with E-state index in [1.165, 1.54) is 25.7 Å². The van der Waals surface area contributed by atoms with Gasteiger partial charge in [-0.2, -0.15) is 0 Å². The first kappa shape index (κ1) is 16.3. The molecule has 2 aliphatic rings. The zero-order chi connectivity index (χ0) is 16.2. The molecule has 2 N–H and O–H groups in total. The molecule has 0 amide bonds. The summed E-state index contributed by atoms with van der Waals surface area (Å²) < 4.78 is 5.37. The number of aromatic carboxylic acids is 1. The minimum atomic E-state index is -0.918.